The molecule has 0 aliphatic rings. The topological polar surface area (TPSA) is 68.3 Å². The van der Waals surface area contributed by atoms with Gasteiger partial charge < -0.3 is 10.1 Å². The van der Waals surface area contributed by atoms with Crippen molar-refractivity contribution in [1.82, 2.24) is 10.3 Å². The molecule has 0 saturated heterocycles. The number of aromatic nitrogens is 1. The van der Waals surface area contributed by atoms with Crippen LogP contribution in [0.1, 0.15) is 30.3 Å². The molecule has 0 fully saturated rings. The first-order valence-corrected chi connectivity index (χ1v) is 7.04. The minimum atomic E-state index is -0.475. The number of nitrogens with zero attached hydrogens (tertiary/aromatic N) is 1. The molecule has 0 spiro atoms. The molecule has 1 rings (SSSR count). The Morgan fingerprint density at radius 1 is 1.30 bits per heavy atom. The van der Waals surface area contributed by atoms with Crippen molar-refractivity contribution in [3.63, 3.8) is 0 Å². The van der Waals surface area contributed by atoms with Gasteiger partial charge in [0.25, 0.3) is 5.91 Å². The minimum absolute atomic E-state index is 0.00191. The fourth-order valence-electron chi connectivity index (χ4n) is 1.35. The Labute approximate surface area is 131 Å². The molecule has 0 atom stereocenters. The Morgan fingerprint density at radius 3 is 2.65 bits per heavy atom. The monoisotopic (exact) mass is 338 g/mol. The Morgan fingerprint density at radius 2 is 2.00 bits per heavy atom. The molecule has 0 aromatic carbocycles. The van der Waals surface area contributed by atoms with Crippen LogP contribution in [0.2, 0.25) is 15.1 Å². The van der Waals surface area contributed by atoms with Crippen LogP contribution in [-0.2, 0) is 9.53 Å². The van der Waals surface area contributed by atoms with Crippen LogP contribution in [0.4, 0.5) is 0 Å². The van der Waals surface area contributed by atoms with Crippen molar-refractivity contribution in [2.75, 3.05) is 13.2 Å². The molecular formula is C12H13Cl3N2O3. The number of pyridine rings is 1. The number of halogens is 3. The number of esters is 1. The highest BCUT2D eigenvalue weighted by Crippen LogP contribution is 2.30. The van der Waals surface area contributed by atoms with Crippen molar-refractivity contribution in [2.45, 2.75) is 19.8 Å². The molecule has 1 amide bonds. The summed E-state index contributed by atoms with van der Waals surface area (Å²) in [6, 6.07) is 0. The molecule has 0 radical (unpaired) electrons. The van der Waals surface area contributed by atoms with Crippen LogP contribution in [0.3, 0.4) is 0 Å². The van der Waals surface area contributed by atoms with E-state index < -0.39 is 5.91 Å². The molecule has 1 heterocycles. The number of rotatable bonds is 6. The summed E-state index contributed by atoms with van der Waals surface area (Å²) in [6.07, 6.45) is 1.95. The smallest absolute Gasteiger partial charge is 0.305 e. The Bertz CT molecular complexity index is 509. The quantitative estimate of drug-likeness (QED) is 0.638. The van der Waals surface area contributed by atoms with Gasteiger partial charge in [0.2, 0.25) is 0 Å². The van der Waals surface area contributed by atoms with Crippen LogP contribution in [-0.4, -0.2) is 30.0 Å². The van der Waals surface area contributed by atoms with E-state index in [0.29, 0.717) is 19.6 Å². The lowest BCUT2D eigenvalue weighted by Crippen LogP contribution is -2.26. The summed E-state index contributed by atoms with van der Waals surface area (Å²) in [6.45, 7) is 2.38. The number of nitrogens with one attached hydrogen (secondary N) is 1. The first kappa shape index (κ1) is 17.0. The molecule has 0 saturated carbocycles. The summed E-state index contributed by atoms with van der Waals surface area (Å²) in [4.78, 5) is 26.7. The molecule has 1 aromatic heterocycles. The van der Waals surface area contributed by atoms with Gasteiger partial charge in [0, 0.05) is 19.2 Å². The second kappa shape index (κ2) is 8.29. The maximum Gasteiger partial charge on any atom is 0.305 e. The Hall–Kier alpha value is -1.04. The van der Waals surface area contributed by atoms with E-state index in [0.717, 1.165) is 0 Å². The molecule has 1 N–H and O–H groups in total. The van der Waals surface area contributed by atoms with E-state index >= 15 is 0 Å². The lowest BCUT2D eigenvalue weighted by atomic mass is 10.3. The van der Waals surface area contributed by atoms with Crippen molar-refractivity contribution in [1.29, 1.82) is 0 Å². The standard InChI is InChI=1S/C12H13Cl3N2O3/c1-2-20-8(18)4-3-5-16-12(19)11-10(15)9(14)7(13)6-17-11/h6H,2-5H2,1H3,(H,16,19). The summed E-state index contributed by atoms with van der Waals surface area (Å²) in [5.41, 5.74) is -0.00259. The van der Waals surface area contributed by atoms with Crippen molar-refractivity contribution in [3.05, 3.63) is 27.0 Å². The molecule has 8 heteroatoms. The second-order valence-electron chi connectivity index (χ2n) is 3.75. The van der Waals surface area contributed by atoms with Gasteiger partial charge in [0.1, 0.15) is 5.69 Å². The average molecular weight is 340 g/mol. The molecular weight excluding hydrogens is 327 g/mol. The summed E-state index contributed by atoms with van der Waals surface area (Å²) in [5.74, 6) is -0.773. The maximum atomic E-state index is 11.8. The van der Waals surface area contributed by atoms with Crippen LogP contribution < -0.4 is 5.32 Å². The van der Waals surface area contributed by atoms with Gasteiger partial charge in [-0.3, -0.25) is 9.59 Å². The zero-order valence-electron chi connectivity index (χ0n) is 10.7. The van der Waals surface area contributed by atoms with Crippen molar-refractivity contribution < 1.29 is 14.3 Å². The molecule has 1 aromatic rings. The third-order valence-corrected chi connectivity index (χ3v) is 3.52. The van der Waals surface area contributed by atoms with E-state index in [-0.39, 0.29) is 33.2 Å². The highest BCUT2D eigenvalue weighted by molar-refractivity contribution is 6.48. The molecule has 110 valence electrons. The average Bonchev–Trinajstić information content (AvgIpc) is 2.41. The van der Waals surface area contributed by atoms with Gasteiger partial charge in [0.15, 0.2) is 0 Å². The largest absolute Gasteiger partial charge is 0.466 e. The van der Waals surface area contributed by atoms with Gasteiger partial charge in [-0.25, -0.2) is 4.98 Å². The number of ether oxygens (including phenoxy) is 1. The van der Waals surface area contributed by atoms with Crippen LogP contribution in [0.5, 0.6) is 0 Å². The summed E-state index contributed by atoms with van der Waals surface area (Å²) >= 11 is 17.4. The number of amides is 1. The Kier molecular flexibility index (Phi) is 7.05. The molecule has 0 bridgehead atoms. The SMILES string of the molecule is CCOC(=O)CCCNC(=O)c1ncc(Cl)c(Cl)c1Cl. The zero-order valence-corrected chi connectivity index (χ0v) is 13.0. The third-order valence-electron chi connectivity index (χ3n) is 2.28. The van der Waals surface area contributed by atoms with Crippen LogP contribution in [0.25, 0.3) is 0 Å². The lowest BCUT2D eigenvalue weighted by Gasteiger charge is -2.07. The number of hydrogen-bond acceptors (Lipinski definition) is 4. The van der Waals surface area contributed by atoms with E-state index in [4.69, 9.17) is 39.5 Å². The van der Waals surface area contributed by atoms with Gasteiger partial charge >= 0.3 is 5.97 Å². The lowest BCUT2D eigenvalue weighted by molar-refractivity contribution is -0.143. The highest BCUT2D eigenvalue weighted by Gasteiger charge is 2.16. The Balaban J connectivity index is 2.48. The van der Waals surface area contributed by atoms with E-state index in [1.54, 1.807) is 6.92 Å². The second-order valence-corrected chi connectivity index (χ2v) is 4.91. The van der Waals surface area contributed by atoms with Crippen molar-refractivity contribution in [2.24, 2.45) is 0 Å². The van der Waals surface area contributed by atoms with Gasteiger partial charge in [-0.15, -0.1) is 0 Å². The fourth-order valence-corrected chi connectivity index (χ4v) is 1.92. The zero-order chi connectivity index (χ0) is 15.1. The van der Waals surface area contributed by atoms with E-state index in [9.17, 15) is 9.59 Å². The molecule has 0 unspecified atom stereocenters. The maximum absolute atomic E-state index is 11.8. The van der Waals surface area contributed by atoms with E-state index in [1.807, 2.05) is 0 Å². The number of carbonyl (C=O) groups excluding carboxylic acids is 2. The fraction of sp³-hybridized carbons (Fsp3) is 0.417. The van der Waals surface area contributed by atoms with Gasteiger partial charge in [-0.2, -0.15) is 0 Å². The first-order chi connectivity index (χ1) is 9.47. The van der Waals surface area contributed by atoms with Crippen LogP contribution in [0, 0.1) is 0 Å². The van der Waals surface area contributed by atoms with Crippen molar-refractivity contribution in [3.8, 4) is 0 Å². The third kappa shape index (κ3) is 4.81. The normalized spacial score (nSPS) is 10.2. The highest BCUT2D eigenvalue weighted by atomic mass is 35.5. The number of carbonyl (C=O) groups is 2. The number of hydrogen-bond donors (Lipinski definition) is 1. The molecule has 20 heavy (non-hydrogen) atoms. The summed E-state index contributed by atoms with van der Waals surface area (Å²) in [7, 11) is 0. The molecule has 5 nitrogen and oxygen atoms in total. The summed E-state index contributed by atoms with van der Waals surface area (Å²) in [5, 5.41) is 2.85. The van der Waals surface area contributed by atoms with E-state index in [2.05, 4.69) is 10.3 Å². The van der Waals surface area contributed by atoms with Gasteiger partial charge in [-0.1, -0.05) is 34.8 Å². The molecule has 0 aliphatic heterocycles. The summed E-state index contributed by atoms with van der Waals surface area (Å²) < 4.78 is 4.76. The van der Waals surface area contributed by atoms with Crippen LogP contribution >= 0.6 is 34.8 Å². The molecule has 0 aliphatic carbocycles. The predicted molar refractivity (Wildman–Crippen MR) is 77.5 cm³/mol. The van der Waals surface area contributed by atoms with Crippen molar-refractivity contribution >= 4 is 46.7 Å². The van der Waals surface area contributed by atoms with Gasteiger partial charge in [-0.05, 0) is 13.3 Å². The van der Waals surface area contributed by atoms with Gasteiger partial charge in [0.05, 0.1) is 21.7 Å². The van der Waals surface area contributed by atoms with Crippen LogP contribution in [0.15, 0.2) is 6.20 Å². The van der Waals surface area contributed by atoms with E-state index in [1.165, 1.54) is 6.20 Å². The predicted octanol–water partition coefficient (Wildman–Crippen LogP) is 3.11. The minimum Gasteiger partial charge on any atom is -0.466 e. The first-order valence-electron chi connectivity index (χ1n) is 5.90.